The van der Waals surface area contributed by atoms with Crippen LogP contribution in [0.15, 0.2) is 78.9 Å². The van der Waals surface area contributed by atoms with Crippen LogP contribution in [0.3, 0.4) is 0 Å². The van der Waals surface area contributed by atoms with Gasteiger partial charge in [-0.05, 0) is 36.4 Å². The number of hydrogen-bond acceptors (Lipinski definition) is 3. The van der Waals surface area contributed by atoms with Gasteiger partial charge in [0.2, 0.25) is 5.88 Å². The molecular formula is C20H15NO3. The number of benzene rings is 3. The highest BCUT2D eigenvalue weighted by Crippen LogP contribution is 2.38. The number of ether oxygens (including phenoxy) is 2. The van der Waals surface area contributed by atoms with Crippen molar-refractivity contribution < 1.29 is 14.6 Å². The van der Waals surface area contributed by atoms with Crippen LogP contribution in [0.2, 0.25) is 0 Å². The van der Waals surface area contributed by atoms with Gasteiger partial charge in [0.15, 0.2) is 5.75 Å². The summed E-state index contributed by atoms with van der Waals surface area (Å²) in [5, 5.41) is 11.0. The molecule has 0 aliphatic carbocycles. The molecule has 0 atom stereocenters. The van der Waals surface area contributed by atoms with Crippen LogP contribution in [0, 0.1) is 0 Å². The topological polar surface area (TPSA) is 54.5 Å². The fraction of sp³-hybridized carbons (Fsp3) is 0. The summed E-state index contributed by atoms with van der Waals surface area (Å²) < 4.78 is 11.5. The number of fused-ring (bicyclic) bond motifs is 1. The van der Waals surface area contributed by atoms with Crippen LogP contribution in [0.5, 0.6) is 28.9 Å². The minimum Gasteiger partial charge on any atom is -0.503 e. The predicted octanol–water partition coefficient (Wildman–Crippen LogP) is 5.46. The molecule has 0 fully saturated rings. The first-order chi connectivity index (χ1) is 11.8. The first-order valence-corrected chi connectivity index (χ1v) is 7.60. The highest BCUT2D eigenvalue weighted by molar-refractivity contribution is 5.90. The van der Waals surface area contributed by atoms with Gasteiger partial charge in [-0.15, -0.1) is 0 Å². The average Bonchev–Trinajstić information content (AvgIpc) is 2.92. The molecule has 4 rings (SSSR count). The van der Waals surface area contributed by atoms with Gasteiger partial charge in [-0.2, -0.15) is 0 Å². The van der Waals surface area contributed by atoms with E-state index in [0.29, 0.717) is 22.8 Å². The lowest BCUT2D eigenvalue weighted by molar-refractivity contribution is 0.407. The summed E-state index contributed by atoms with van der Waals surface area (Å²) in [7, 11) is 0. The van der Waals surface area contributed by atoms with E-state index in [1.54, 1.807) is 6.07 Å². The third kappa shape index (κ3) is 2.77. The predicted molar refractivity (Wildman–Crippen MR) is 93.0 cm³/mol. The Bertz CT molecular complexity index is 962. The SMILES string of the molecule is Oc1c(Oc2ccccc2)[nH]c2cc(Oc3ccccc3)ccc12. The van der Waals surface area contributed by atoms with Crippen LogP contribution in [-0.4, -0.2) is 10.1 Å². The Kier molecular flexibility index (Phi) is 3.56. The maximum absolute atomic E-state index is 10.3. The summed E-state index contributed by atoms with van der Waals surface area (Å²) in [5.74, 6) is 2.49. The van der Waals surface area contributed by atoms with Crippen molar-refractivity contribution >= 4 is 10.9 Å². The van der Waals surface area contributed by atoms with Crippen LogP contribution in [0.4, 0.5) is 0 Å². The summed E-state index contributed by atoms with van der Waals surface area (Å²) in [6.45, 7) is 0. The molecule has 2 N–H and O–H groups in total. The van der Waals surface area contributed by atoms with Crippen LogP contribution in [0.1, 0.15) is 0 Å². The van der Waals surface area contributed by atoms with E-state index in [-0.39, 0.29) is 5.75 Å². The Morgan fingerprint density at radius 2 is 1.29 bits per heavy atom. The zero-order valence-corrected chi connectivity index (χ0v) is 12.8. The number of hydrogen-bond donors (Lipinski definition) is 2. The second-order valence-electron chi connectivity index (χ2n) is 5.34. The van der Waals surface area contributed by atoms with Gasteiger partial charge < -0.3 is 19.6 Å². The molecule has 24 heavy (non-hydrogen) atoms. The van der Waals surface area contributed by atoms with Crippen LogP contribution in [0.25, 0.3) is 10.9 Å². The van der Waals surface area contributed by atoms with Gasteiger partial charge in [0, 0.05) is 11.5 Å². The minimum atomic E-state index is 0.0834. The van der Waals surface area contributed by atoms with E-state index in [4.69, 9.17) is 9.47 Å². The number of H-pyrrole nitrogens is 1. The number of nitrogens with one attached hydrogen (secondary N) is 1. The zero-order valence-electron chi connectivity index (χ0n) is 12.8. The van der Waals surface area contributed by atoms with Gasteiger partial charge in [-0.1, -0.05) is 36.4 Å². The Labute approximate surface area is 138 Å². The quantitative estimate of drug-likeness (QED) is 0.525. The van der Waals surface area contributed by atoms with E-state index >= 15 is 0 Å². The fourth-order valence-electron chi connectivity index (χ4n) is 2.51. The largest absolute Gasteiger partial charge is 0.503 e. The van der Waals surface area contributed by atoms with E-state index in [1.165, 1.54) is 0 Å². The first-order valence-electron chi connectivity index (χ1n) is 7.60. The smallest absolute Gasteiger partial charge is 0.241 e. The van der Waals surface area contributed by atoms with E-state index in [1.807, 2.05) is 72.8 Å². The normalized spacial score (nSPS) is 10.7. The molecular weight excluding hydrogens is 302 g/mol. The molecule has 1 heterocycles. The molecule has 0 saturated heterocycles. The summed E-state index contributed by atoms with van der Waals surface area (Å²) >= 11 is 0. The summed E-state index contributed by atoms with van der Waals surface area (Å²) in [6.07, 6.45) is 0. The van der Waals surface area contributed by atoms with Gasteiger partial charge in [-0.25, -0.2) is 0 Å². The molecule has 0 saturated carbocycles. The van der Waals surface area contributed by atoms with Crippen molar-refractivity contribution in [3.05, 3.63) is 78.9 Å². The number of aromatic hydroxyl groups is 1. The number of aromatic nitrogens is 1. The van der Waals surface area contributed by atoms with Crippen LogP contribution >= 0.6 is 0 Å². The monoisotopic (exact) mass is 317 g/mol. The first kappa shape index (κ1) is 14.2. The lowest BCUT2D eigenvalue weighted by atomic mass is 10.2. The van der Waals surface area contributed by atoms with E-state index in [2.05, 4.69) is 4.98 Å². The molecule has 0 amide bonds. The molecule has 0 aliphatic heterocycles. The Morgan fingerprint density at radius 1 is 0.667 bits per heavy atom. The molecule has 118 valence electrons. The molecule has 0 spiro atoms. The van der Waals surface area contributed by atoms with E-state index in [0.717, 1.165) is 11.3 Å². The van der Waals surface area contributed by atoms with Gasteiger partial charge in [-0.3, -0.25) is 0 Å². The lowest BCUT2D eigenvalue weighted by Crippen LogP contribution is -1.84. The van der Waals surface area contributed by atoms with E-state index < -0.39 is 0 Å². The van der Waals surface area contributed by atoms with Crippen LogP contribution < -0.4 is 9.47 Å². The van der Waals surface area contributed by atoms with Crippen molar-refractivity contribution in [3.63, 3.8) is 0 Å². The molecule has 1 aromatic heterocycles. The molecule has 0 bridgehead atoms. The van der Waals surface area contributed by atoms with Crippen molar-refractivity contribution in [2.45, 2.75) is 0 Å². The standard InChI is InChI=1S/C20H15NO3/c22-19-17-12-11-16(23-14-7-3-1-4-8-14)13-18(17)21-20(19)24-15-9-5-2-6-10-15/h1-13,21-22H. The number of para-hydroxylation sites is 2. The molecule has 0 radical (unpaired) electrons. The number of aromatic amines is 1. The molecule has 4 heteroatoms. The van der Waals surface area contributed by atoms with Crippen molar-refractivity contribution in [2.75, 3.05) is 0 Å². The maximum Gasteiger partial charge on any atom is 0.241 e. The maximum atomic E-state index is 10.3. The summed E-state index contributed by atoms with van der Waals surface area (Å²) in [4.78, 5) is 3.09. The van der Waals surface area contributed by atoms with E-state index in [9.17, 15) is 5.11 Å². The second kappa shape index (κ2) is 6.01. The second-order valence-corrected chi connectivity index (χ2v) is 5.34. The summed E-state index contributed by atoms with van der Waals surface area (Å²) in [5.41, 5.74) is 0.742. The number of rotatable bonds is 4. The Hall–Kier alpha value is -3.40. The average molecular weight is 317 g/mol. The molecule has 0 unspecified atom stereocenters. The molecule has 4 nitrogen and oxygen atoms in total. The molecule has 4 aromatic rings. The molecule has 0 aliphatic rings. The van der Waals surface area contributed by atoms with Gasteiger partial charge in [0.05, 0.1) is 5.52 Å². The van der Waals surface area contributed by atoms with Crippen LogP contribution in [-0.2, 0) is 0 Å². The minimum absolute atomic E-state index is 0.0834. The summed E-state index contributed by atoms with van der Waals surface area (Å²) in [6, 6.07) is 24.3. The highest BCUT2D eigenvalue weighted by atomic mass is 16.5. The third-order valence-electron chi connectivity index (χ3n) is 3.65. The van der Waals surface area contributed by atoms with Gasteiger partial charge in [0.1, 0.15) is 17.2 Å². The van der Waals surface area contributed by atoms with Gasteiger partial charge in [0.25, 0.3) is 0 Å². The van der Waals surface area contributed by atoms with Crippen molar-refractivity contribution in [3.8, 4) is 28.9 Å². The van der Waals surface area contributed by atoms with Crippen molar-refractivity contribution in [1.82, 2.24) is 4.98 Å². The van der Waals surface area contributed by atoms with Crippen molar-refractivity contribution in [2.24, 2.45) is 0 Å². The zero-order chi connectivity index (χ0) is 16.4. The Balaban J connectivity index is 1.65. The lowest BCUT2D eigenvalue weighted by Gasteiger charge is -2.04. The molecule has 3 aromatic carbocycles. The van der Waals surface area contributed by atoms with Gasteiger partial charge >= 0.3 is 0 Å². The fourth-order valence-corrected chi connectivity index (χ4v) is 2.51. The van der Waals surface area contributed by atoms with Crippen molar-refractivity contribution in [1.29, 1.82) is 0 Å². The Morgan fingerprint density at radius 3 is 1.96 bits per heavy atom. The third-order valence-corrected chi connectivity index (χ3v) is 3.65. The highest BCUT2D eigenvalue weighted by Gasteiger charge is 2.13.